The third-order valence-corrected chi connectivity index (χ3v) is 1.50. The largest absolute Gasteiger partial charge is 0.277 e. The molecule has 62 valence electrons. The predicted molar refractivity (Wildman–Crippen MR) is 45.4 cm³/mol. The zero-order valence-corrected chi connectivity index (χ0v) is 6.57. The van der Waals surface area contributed by atoms with Crippen molar-refractivity contribution in [2.24, 2.45) is 0 Å². The summed E-state index contributed by atoms with van der Waals surface area (Å²) in [7, 11) is 0. The van der Waals surface area contributed by atoms with Crippen molar-refractivity contribution in [3.63, 3.8) is 0 Å². The summed E-state index contributed by atoms with van der Waals surface area (Å²) in [6.45, 7) is -0.386. The number of benzene rings is 1. The van der Waals surface area contributed by atoms with Crippen LogP contribution in [0.3, 0.4) is 0 Å². The van der Waals surface area contributed by atoms with Gasteiger partial charge in [-0.15, -0.1) is 0 Å². The van der Waals surface area contributed by atoms with Gasteiger partial charge in [0.25, 0.3) is 0 Å². The highest BCUT2D eigenvalue weighted by molar-refractivity contribution is 5.49. The van der Waals surface area contributed by atoms with Gasteiger partial charge in [-0.05, 0) is 12.1 Å². The van der Waals surface area contributed by atoms with E-state index in [1.807, 2.05) is 24.4 Å². The predicted octanol–water partition coefficient (Wildman–Crippen LogP) is 1.94. The molecule has 0 aliphatic carbocycles. The number of alkyl halides is 1. The Morgan fingerprint density at radius 3 is 2.50 bits per heavy atom. The highest BCUT2D eigenvalue weighted by Gasteiger charge is 2.02. The summed E-state index contributed by atoms with van der Waals surface area (Å²) >= 11 is 0. The Morgan fingerprint density at radius 2 is 2.00 bits per heavy atom. The van der Waals surface area contributed by atoms with Crippen molar-refractivity contribution in [1.82, 2.24) is 0 Å². The van der Waals surface area contributed by atoms with E-state index in [4.69, 9.17) is 5.26 Å². The van der Waals surface area contributed by atoms with Gasteiger partial charge in [-0.2, -0.15) is 5.26 Å². The van der Waals surface area contributed by atoms with Gasteiger partial charge >= 0.3 is 0 Å². The molecule has 0 fully saturated rings. The lowest BCUT2D eigenvalue weighted by molar-refractivity contribution is 0.501. The first kappa shape index (κ1) is 8.54. The maximum atomic E-state index is 11.9. The minimum absolute atomic E-state index is 0.126. The Bertz CT molecular complexity index is 266. The molecule has 0 unspecified atom stereocenters. The molecule has 0 aliphatic heterocycles. The second kappa shape index (κ2) is 4.35. The molecule has 0 saturated heterocycles. The molecule has 1 aromatic carbocycles. The lowest BCUT2D eigenvalue weighted by Crippen LogP contribution is -2.18. The van der Waals surface area contributed by atoms with Gasteiger partial charge in [0.05, 0.1) is 12.2 Å². The van der Waals surface area contributed by atoms with Gasteiger partial charge < -0.3 is 0 Å². The van der Waals surface area contributed by atoms with Crippen molar-refractivity contribution in [1.29, 1.82) is 5.26 Å². The van der Waals surface area contributed by atoms with Gasteiger partial charge in [-0.25, -0.2) is 4.39 Å². The van der Waals surface area contributed by atoms with Crippen molar-refractivity contribution in [2.75, 3.05) is 18.1 Å². The molecule has 2 nitrogen and oxygen atoms in total. The Hall–Kier alpha value is -1.56. The molecule has 0 aromatic heterocycles. The molecule has 12 heavy (non-hydrogen) atoms. The number of hydrogen-bond acceptors (Lipinski definition) is 2. The number of hydrogen-bond donors (Lipinski definition) is 0. The molecule has 0 radical (unpaired) electrons. The van der Waals surface area contributed by atoms with Crippen LogP contribution in [0.2, 0.25) is 0 Å². The molecule has 0 bridgehead atoms. The molecule has 0 amide bonds. The van der Waals surface area contributed by atoms with Crippen LogP contribution in [0, 0.1) is 11.5 Å². The first-order valence-electron chi connectivity index (χ1n) is 3.66. The van der Waals surface area contributed by atoms with E-state index in [0.717, 1.165) is 5.69 Å². The summed E-state index contributed by atoms with van der Waals surface area (Å²) in [5.41, 5.74) is 0.734. The van der Waals surface area contributed by atoms with Crippen LogP contribution in [0.5, 0.6) is 0 Å². The zero-order chi connectivity index (χ0) is 8.81. The van der Waals surface area contributed by atoms with Crippen LogP contribution in [-0.4, -0.2) is 13.2 Å². The molecule has 0 aliphatic rings. The fourth-order valence-corrected chi connectivity index (χ4v) is 0.929. The van der Waals surface area contributed by atoms with Crippen LogP contribution in [0.25, 0.3) is 0 Å². The number of anilines is 1. The number of nitriles is 1. The summed E-state index contributed by atoms with van der Waals surface area (Å²) in [6.07, 6.45) is 1.91. The van der Waals surface area contributed by atoms with Gasteiger partial charge in [0.1, 0.15) is 6.67 Å². The average Bonchev–Trinajstić information content (AvgIpc) is 2.15. The highest BCUT2D eigenvalue weighted by Crippen LogP contribution is 2.11. The number of nitrogens with zero attached hydrogens (tertiary/aromatic N) is 2. The quantitative estimate of drug-likeness (QED) is 0.504. The smallest absolute Gasteiger partial charge is 0.184 e. The highest BCUT2D eigenvalue weighted by atomic mass is 19.1. The minimum Gasteiger partial charge on any atom is -0.277 e. The third kappa shape index (κ3) is 1.96. The van der Waals surface area contributed by atoms with Crippen molar-refractivity contribution in [2.45, 2.75) is 0 Å². The molecule has 0 heterocycles. The van der Waals surface area contributed by atoms with Crippen LogP contribution in [0.4, 0.5) is 10.1 Å². The van der Waals surface area contributed by atoms with Crippen molar-refractivity contribution < 1.29 is 4.39 Å². The van der Waals surface area contributed by atoms with Crippen LogP contribution in [0.15, 0.2) is 30.3 Å². The second-order valence-corrected chi connectivity index (χ2v) is 2.28. The van der Waals surface area contributed by atoms with E-state index < -0.39 is 6.67 Å². The summed E-state index contributed by atoms with van der Waals surface area (Å²) in [4.78, 5) is 1.32. The first-order chi connectivity index (χ1) is 5.88. The lowest BCUT2D eigenvalue weighted by atomic mass is 10.3. The molecule has 3 heteroatoms. The second-order valence-electron chi connectivity index (χ2n) is 2.28. The SMILES string of the molecule is N#CN(CCF)c1ccccc1. The lowest BCUT2D eigenvalue weighted by Gasteiger charge is -2.12. The van der Waals surface area contributed by atoms with Gasteiger partial charge in [-0.1, -0.05) is 18.2 Å². The summed E-state index contributed by atoms with van der Waals surface area (Å²) in [5, 5.41) is 8.62. The first-order valence-corrected chi connectivity index (χ1v) is 3.66. The van der Waals surface area contributed by atoms with Gasteiger partial charge in [0, 0.05) is 0 Å². The zero-order valence-electron chi connectivity index (χ0n) is 6.57. The molecule has 1 aromatic rings. The molecular weight excluding hydrogens is 155 g/mol. The molecular formula is C9H9FN2. The molecule has 1 rings (SSSR count). The van der Waals surface area contributed by atoms with Crippen LogP contribution >= 0.6 is 0 Å². The summed E-state index contributed by atoms with van der Waals surface area (Å²) < 4.78 is 11.9. The van der Waals surface area contributed by atoms with Crippen LogP contribution in [0.1, 0.15) is 0 Å². The van der Waals surface area contributed by atoms with Crippen LogP contribution in [-0.2, 0) is 0 Å². The molecule has 0 saturated carbocycles. The van der Waals surface area contributed by atoms with E-state index in [9.17, 15) is 4.39 Å². The Balaban J connectivity index is 2.75. The number of rotatable bonds is 3. The minimum atomic E-state index is -0.511. The van der Waals surface area contributed by atoms with E-state index in [1.54, 1.807) is 12.1 Å². The molecule has 0 N–H and O–H groups in total. The van der Waals surface area contributed by atoms with Crippen molar-refractivity contribution in [3.05, 3.63) is 30.3 Å². The van der Waals surface area contributed by atoms with E-state index in [1.165, 1.54) is 4.90 Å². The number of para-hydroxylation sites is 1. The Kier molecular flexibility index (Phi) is 3.09. The van der Waals surface area contributed by atoms with Crippen molar-refractivity contribution >= 4 is 5.69 Å². The monoisotopic (exact) mass is 164 g/mol. The van der Waals surface area contributed by atoms with Crippen molar-refractivity contribution in [3.8, 4) is 6.19 Å². The normalized spacial score (nSPS) is 9.00. The van der Waals surface area contributed by atoms with E-state index in [0.29, 0.717) is 0 Å². The number of halogens is 1. The maximum Gasteiger partial charge on any atom is 0.184 e. The Labute approximate surface area is 70.8 Å². The fraction of sp³-hybridized carbons (Fsp3) is 0.222. The van der Waals surface area contributed by atoms with Gasteiger partial charge in [-0.3, -0.25) is 4.90 Å². The average molecular weight is 164 g/mol. The maximum absolute atomic E-state index is 11.9. The summed E-state index contributed by atoms with van der Waals surface area (Å²) in [5.74, 6) is 0. The van der Waals surface area contributed by atoms with Crippen LogP contribution < -0.4 is 4.90 Å². The van der Waals surface area contributed by atoms with E-state index in [2.05, 4.69) is 0 Å². The Morgan fingerprint density at radius 1 is 1.33 bits per heavy atom. The van der Waals surface area contributed by atoms with E-state index >= 15 is 0 Å². The fourth-order valence-electron chi connectivity index (χ4n) is 0.929. The van der Waals surface area contributed by atoms with E-state index in [-0.39, 0.29) is 6.54 Å². The topological polar surface area (TPSA) is 27.0 Å². The standard InChI is InChI=1S/C9H9FN2/c10-6-7-12(8-11)9-4-2-1-3-5-9/h1-5H,6-7H2. The van der Waals surface area contributed by atoms with Gasteiger partial charge in [0.2, 0.25) is 0 Å². The molecule has 0 spiro atoms. The summed E-state index contributed by atoms with van der Waals surface area (Å²) in [6, 6.07) is 9.04. The van der Waals surface area contributed by atoms with Gasteiger partial charge in [0.15, 0.2) is 6.19 Å². The third-order valence-electron chi connectivity index (χ3n) is 1.50. The molecule has 0 atom stereocenters.